The Morgan fingerprint density at radius 3 is 2.34 bits per heavy atom. The highest BCUT2D eigenvalue weighted by molar-refractivity contribution is 6.74. The Hall–Kier alpha value is -0.893. The van der Waals surface area contributed by atoms with Crippen LogP contribution in [0.2, 0.25) is 18.1 Å². The van der Waals surface area contributed by atoms with E-state index in [0.717, 1.165) is 58.1 Å². The van der Waals surface area contributed by atoms with Gasteiger partial charge in [0.1, 0.15) is 0 Å². The molecule has 2 atom stereocenters. The molecule has 1 saturated heterocycles. The third-order valence-corrected chi connectivity index (χ3v) is 12.5. The minimum absolute atomic E-state index is 0.0830. The number of hydrogen-bond donors (Lipinski definition) is 0. The summed E-state index contributed by atoms with van der Waals surface area (Å²) in [4.78, 5) is 13.0. The maximum atomic E-state index is 13.0. The van der Waals surface area contributed by atoms with Crippen LogP contribution in [0.25, 0.3) is 0 Å². The summed E-state index contributed by atoms with van der Waals surface area (Å²) in [5.41, 5.74) is 0. The summed E-state index contributed by atoms with van der Waals surface area (Å²) >= 11 is 0. The highest BCUT2D eigenvalue weighted by Crippen LogP contribution is 2.40. The zero-order valence-corrected chi connectivity index (χ0v) is 22.7. The number of ether oxygens (including phenoxy) is 2. The summed E-state index contributed by atoms with van der Waals surface area (Å²) in [6.07, 6.45) is 9.12. The van der Waals surface area contributed by atoms with Gasteiger partial charge in [-0.1, -0.05) is 26.8 Å². The lowest BCUT2D eigenvalue weighted by molar-refractivity contribution is -0.0856. The van der Waals surface area contributed by atoms with E-state index in [2.05, 4.69) is 45.5 Å². The predicted molar refractivity (Wildman–Crippen MR) is 133 cm³/mol. The van der Waals surface area contributed by atoms with Gasteiger partial charge in [0, 0.05) is 20.3 Å². The van der Waals surface area contributed by atoms with Crippen LogP contribution in [0.3, 0.4) is 0 Å². The summed E-state index contributed by atoms with van der Waals surface area (Å²) in [5.74, 6) is 1.06. The summed E-state index contributed by atoms with van der Waals surface area (Å²) in [7, 11) is 1.50. The number of hydrazine groups is 1. The smallest absolute Gasteiger partial charge is 0.424 e. The van der Waals surface area contributed by atoms with Crippen LogP contribution in [0.15, 0.2) is 12.7 Å². The zero-order valence-electron chi connectivity index (χ0n) is 21.7. The van der Waals surface area contributed by atoms with E-state index in [9.17, 15) is 4.79 Å². The summed E-state index contributed by atoms with van der Waals surface area (Å²) < 4.78 is 17.2. The Morgan fingerprint density at radius 1 is 1.16 bits per heavy atom. The SMILES string of the molecule is C=CC[C@@H](C1CCC(CO[Si](C)(C)C(C)(C)C)CC1)N(C(=O)OC)N1CCC[C@@H]1COC. The molecule has 1 saturated carbocycles. The number of rotatable bonds is 10. The predicted octanol–water partition coefficient (Wildman–Crippen LogP) is 5.85. The van der Waals surface area contributed by atoms with Gasteiger partial charge < -0.3 is 13.9 Å². The van der Waals surface area contributed by atoms with Crippen LogP contribution in [-0.2, 0) is 13.9 Å². The lowest BCUT2D eigenvalue weighted by Gasteiger charge is -2.45. The second-order valence-corrected chi connectivity index (χ2v) is 16.0. The maximum absolute atomic E-state index is 13.0. The molecule has 6 nitrogen and oxygen atoms in total. The van der Waals surface area contributed by atoms with E-state index in [1.807, 2.05) is 11.1 Å². The molecule has 1 aliphatic carbocycles. The van der Waals surface area contributed by atoms with Crippen molar-refractivity contribution in [2.75, 3.05) is 34.0 Å². The van der Waals surface area contributed by atoms with Crippen LogP contribution in [0, 0.1) is 11.8 Å². The van der Waals surface area contributed by atoms with Crippen molar-refractivity contribution in [1.82, 2.24) is 10.0 Å². The Morgan fingerprint density at radius 2 is 1.81 bits per heavy atom. The maximum Gasteiger partial charge on any atom is 0.424 e. The van der Waals surface area contributed by atoms with Crippen molar-refractivity contribution >= 4 is 14.4 Å². The Kier molecular flexibility index (Phi) is 10.3. The molecule has 7 heteroatoms. The molecule has 2 aliphatic rings. The third-order valence-electron chi connectivity index (χ3n) is 7.99. The molecule has 0 aromatic rings. The fourth-order valence-corrected chi connectivity index (χ4v) is 6.02. The number of amides is 1. The van der Waals surface area contributed by atoms with Crippen LogP contribution >= 0.6 is 0 Å². The summed E-state index contributed by atoms with van der Waals surface area (Å²) in [6.45, 7) is 17.9. The quantitative estimate of drug-likeness (QED) is 0.297. The number of hydrogen-bond acceptors (Lipinski definition) is 5. The summed E-state index contributed by atoms with van der Waals surface area (Å²) in [5, 5.41) is 4.36. The fraction of sp³-hybridized carbons (Fsp3) is 0.880. The van der Waals surface area contributed by atoms with E-state index < -0.39 is 8.32 Å². The van der Waals surface area contributed by atoms with E-state index >= 15 is 0 Å². The molecule has 0 bridgehead atoms. The van der Waals surface area contributed by atoms with Gasteiger partial charge in [-0.15, -0.1) is 6.58 Å². The van der Waals surface area contributed by atoms with Crippen LogP contribution in [0.4, 0.5) is 4.79 Å². The van der Waals surface area contributed by atoms with E-state index in [0.29, 0.717) is 18.4 Å². The number of carbonyl (C=O) groups excluding carboxylic acids is 1. The largest absolute Gasteiger partial charge is 0.452 e. The van der Waals surface area contributed by atoms with E-state index in [1.54, 1.807) is 7.11 Å². The molecule has 1 aliphatic heterocycles. The van der Waals surface area contributed by atoms with Crippen molar-refractivity contribution in [3.05, 3.63) is 12.7 Å². The van der Waals surface area contributed by atoms with Gasteiger partial charge in [-0.2, -0.15) is 0 Å². The number of methoxy groups -OCH3 is 2. The minimum atomic E-state index is -1.71. The standard InChI is InChI=1S/C25H48N2O4Si/c1-9-11-23(27(24(28)30-6)26-17-10-12-22(26)19-29-5)21-15-13-20(14-16-21)18-31-32(7,8)25(2,3)4/h9,20-23H,1,10-19H2,2-8H3/t20?,21?,22-,23+/m1/s1. The Bertz CT molecular complexity index is 599. The van der Waals surface area contributed by atoms with Gasteiger partial charge in [0.25, 0.3) is 0 Å². The molecule has 32 heavy (non-hydrogen) atoms. The monoisotopic (exact) mass is 468 g/mol. The molecule has 0 unspecified atom stereocenters. The van der Waals surface area contributed by atoms with Crippen molar-refractivity contribution < 1.29 is 18.7 Å². The topological polar surface area (TPSA) is 51.2 Å². The fourth-order valence-electron chi connectivity index (χ4n) is 4.94. The third kappa shape index (κ3) is 6.81. The average molecular weight is 469 g/mol. The minimum Gasteiger partial charge on any atom is -0.452 e. The number of nitrogens with zero attached hydrogens (tertiary/aromatic N) is 2. The van der Waals surface area contributed by atoms with Gasteiger partial charge in [0.05, 0.1) is 25.8 Å². The summed E-state index contributed by atoms with van der Waals surface area (Å²) in [6, 6.07) is 0.306. The molecule has 186 valence electrons. The first-order valence-electron chi connectivity index (χ1n) is 12.4. The van der Waals surface area contributed by atoms with Crippen molar-refractivity contribution in [3.8, 4) is 0 Å². The molecule has 0 N–H and O–H groups in total. The molecule has 2 fully saturated rings. The number of carbonyl (C=O) groups is 1. The Labute approximate surface area is 197 Å². The van der Waals surface area contributed by atoms with E-state index in [4.69, 9.17) is 13.9 Å². The van der Waals surface area contributed by atoms with Crippen LogP contribution in [-0.4, -0.2) is 70.5 Å². The van der Waals surface area contributed by atoms with Gasteiger partial charge in [-0.25, -0.2) is 14.8 Å². The van der Waals surface area contributed by atoms with Gasteiger partial charge in [0.15, 0.2) is 8.32 Å². The second-order valence-electron chi connectivity index (χ2n) is 11.2. The normalized spacial score (nSPS) is 26.0. The highest BCUT2D eigenvalue weighted by atomic mass is 28.4. The molecule has 2 rings (SSSR count). The second kappa shape index (κ2) is 12.0. The first kappa shape index (κ1) is 27.4. The Balaban J connectivity index is 2.06. The molecule has 0 aromatic carbocycles. The molecule has 1 amide bonds. The molecule has 0 radical (unpaired) electrons. The lowest BCUT2D eigenvalue weighted by Crippen LogP contribution is -2.57. The molecular formula is C25H48N2O4Si. The van der Waals surface area contributed by atoms with Gasteiger partial charge in [0.2, 0.25) is 0 Å². The van der Waals surface area contributed by atoms with Gasteiger partial charge in [-0.3, -0.25) is 0 Å². The van der Waals surface area contributed by atoms with Gasteiger partial charge >= 0.3 is 6.09 Å². The van der Waals surface area contributed by atoms with Crippen molar-refractivity contribution in [1.29, 1.82) is 0 Å². The lowest BCUT2D eigenvalue weighted by atomic mass is 9.77. The highest BCUT2D eigenvalue weighted by Gasteiger charge is 2.42. The zero-order chi connectivity index (χ0) is 23.9. The molecular weight excluding hydrogens is 420 g/mol. The van der Waals surface area contributed by atoms with E-state index in [-0.39, 0.29) is 23.2 Å². The van der Waals surface area contributed by atoms with Gasteiger partial charge in [-0.05, 0) is 74.9 Å². The first-order valence-corrected chi connectivity index (χ1v) is 15.3. The van der Waals surface area contributed by atoms with Crippen molar-refractivity contribution in [2.45, 2.75) is 95.9 Å². The average Bonchev–Trinajstić information content (AvgIpc) is 3.19. The van der Waals surface area contributed by atoms with E-state index in [1.165, 1.54) is 7.11 Å². The molecule has 0 aromatic heterocycles. The molecule has 0 spiro atoms. The van der Waals surface area contributed by atoms with Crippen LogP contribution in [0.1, 0.15) is 65.7 Å². The van der Waals surface area contributed by atoms with Crippen molar-refractivity contribution in [2.24, 2.45) is 11.8 Å². The van der Waals surface area contributed by atoms with Crippen LogP contribution < -0.4 is 0 Å². The van der Waals surface area contributed by atoms with Crippen molar-refractivity contribution in [3.63, 3.8) is 0 Å². The van der Waals surface area contributed by atoms with Crippen LogP contribution in [0.5, 0.6) is 0 Å². The first-order chi connectivity index (χ1) is 15.1. The molecule has 1 heterocycles.